The Hall–Kier alpha value is -2.25. The molecule has 2 aromatic rings. The van der Waals surface area contributed by atoms with Crippen LogP contribution in [0, 0.1) is 19.7 Å². The van der Waals surface area contributed by atoms with E-state index < -0.39 is 16.1 Å². The Labute approximate surface area is 146 Å². The van der Waals surface area contributed by atoms with Gasteiger partial charge in [0.05, 0.1) is 4.90 Å². The van der Waals surface area contributed by atoms with Gasteiger partial charge in [0.1, 0.15) is 11.9 Å². The normalized spacial score (nSPS) is 18.0. The number of hydrogen-bond acceptors (Lipinski definition) is 3. The highest BCUT2D eigenvalue weighted by Crippen LogP contribution is 2.24. The maximum atomic E-state index is 13.4. The van der Waals surface area contributed by atoms with Gasteiger partial charge >= 0.3 is 0 Å². The van der Waals surface area contributed by atoms with Crippen molar-refractivity contribution in [3.05, 3.63) is 59.4 Å². The lowest BCUT2D eigenvalue weighted by atomic mass is 10.2. The fourth-order valence-corrected chi connectivity index (χ4v) is 4.04. The van der Waals surface area contributed by atoms with Crippen molar-refractivity contribution >= 4 is 21.6 Å². The van der Waals surface area contributed by atoms with Crippen molar-refractivity contribution in [1.82, 2.24) is 4.72 Å². The molecular weight excluding hydrogens is 343 g/mol. The zero-order valence-electron chi connectivity index (χ0n) is 14.0. The largest absolute Gasteiger partial charge is 0.311 e. The van der Waals surface area contributed by atoms with Crippen LogP contribution >= 0.6 is 0 Å². The van der Waals surface area contributed by atoms with Crippen molar-refractivity contribution in [1.29, 1.82) is 0 Å². The van der Waals surface area contributed by atoms with Crippen molar-refractivity contribution in [3.63, 3.8) is 0 Å². The van der Waals surface area contributed by atoms with Crippen molar-refractivity contribution in [3.8, 4) is 0 Å². The number of amides is 1. The molecule has 0 aromatic heterocycles. The maximum absolute atomic E-state index is 13.4. The van der Waals surface area contributed by atoms with Gasteiger partial charge in [0.15, 0.2) is 0 Å². The first-order chi connectivity index (χ1) is 11.8. The minimum absolute atomic E-state index is 0.127. The first-order valence-electron chi connectivity index (χ1n) is 7.94. The van der Waals surface area contributed by atoms with Gasteiger partial charge < -0.3 is 4.90 Å². The van der Waals surface area contributed by atoms with Gasteiger partial charge in [-0.05, 0) is 56.2 Å². The third kappa shape index (κ3) is 3.57. The number of sulfonamides is 1. The molecule has 0 unspecified atom stereocenters. The summed E-state index contributed by atoms with van der Waals surface area (Å²) in [5.74, 6) is -0.672. The third-order valence-corrected chi connectivity index (χ3v) is 5.77. The van der Waals surface area contributed by atoms with Gasteiger partial charge in [-0.15, -0.1) is 0 Å². The molecule has 0 saturated carbocycles. The number of nitrogens with one attached hydrogen (secondary N) is 1. The van der Waals surface area contributed by atoms with E-state index in [0.717, 1.165) is 5.56 Å². The molecule has 1 fully saturated rings. The molecule has 132 valence electrons. The molecule has 0 aliphatic carbocycles. The van der Waals surface area contributed by atoms with Crippen LogP contribution in [0.4, 0.5) is 10.1 Å². The van der Waals surface area contributed by atoms with Gasteiger partial charge in [-0.3, -0.25) is 4.79 Å². The van der Waals surface area contributed by atoms with E-state index in [1.165, 1.54) is 29.2 Å². The fraction of sp³-hybridized carbons (Fsp3) is 0.278. The first-order valence-corrected chi connectivity index (χ1v) is 9.43. The van der Waals surface area contributed by atoms with E-state index in [1.54, 1.807) is 25.1 Å². The molecule has 1 amide bonds. The van der Waals surface area contributed by atoms with Gasteiger partial charge in [0, 0.05) is 12.2 Å². The van der Waals surface area contributed by atoms with Crippen LogP contribution in [0.5, 0.6) is 0 Å². The highest BCUT2D eigenvalue weighted by molar-refractivity contribution is 7.89. The number of anilines is 1. The number of nitrogens with zero attached hydrogens (tertiary/aromatic N) is 1. The van der Waals surface area contributed by atoms with Crippen molar-refractivity contribution < 1.29 is 17.6 Å². The molecule has 3 rings (SSSR count). The SMILES string of the molecule is Cc1ccc(S(=O)(=O)N[C@H]2CCN(c3ccc(F)c(C)c3)C2=O)cc1. The van der Waals surface area contributed by atoms with Crippen molar-refractivity contribution in [2.75, 3.05) is 11.4 Å². The standard InChI is InChI=1S/C18H19FN2O3S/c1-12-3-6-15(7-4-12)25(23,24)20-17-9-10-21(18(17)22)14-5-8-16(19)13(2)11-14/h3-8,11,17,20H,9-10H2,1-2H3/t17-/m0/s1. The van der Waals surface area contributed by atoms with Crippen molar-refractivity contribution in [2.45, 2.75) is 31.2 Å². The number of carbonyl (C=O) groups excluding carboxylic acids is 1. The summed E-state index contributed by atoms with van der Waals surface area (Å²) in [5.41, 5.74) is 1.96. The van der Waals surface area contributed by atoms with E-state index in [-0.39, 0.29) is 16.6 Å². The second-order valence-electron chi connectivity index (χ2n) is 6.20. The van der Waals surface area contributed by atoms with Crippen LogP contribution in [0.15, 0.2) is 47.4 Å². The molecule has 1 aliphatic heterocycles. The summed E-state index contributed by atoms with van der Waals surface area (Å²) in [6.45, 7) is 3.87. The molecule has 2 aromatic carbocycles. The third-order valence-electron chi connectivity index (χ3n) is 4.29. The number of aryl methyl sites for hydroxylation is 2. The molecular formula is C18H19FN2O3S. The average Bonchev–Trinajstić information content (AvgIpc) is 2.91. The van der Waals surface area contributed by atoms with Crippen LogP contribution in [0.1, 0.15) is 17.5 Å². The van der Waals surface area contributed by atoms with Crippen LogP contribution in [0.2, 0.25) is 0 Å². The Bertz CT molecular complexity index is 910. The smallest absolute Gasteiger partial charge is 0.245 e. The molecule has 25 heavy (non-hydrogen) atoms. The minimum Gasteiger partial charge on any atom is -0.311 e. The van der Waals surface area contributed by atoms with Gasteiger partial charge in [-0.25, -0.2) is 12.8 Å². The summed E-state index contributed by atoms with van der Waals surface area (Å²) in [6.07, 6.45) is 0.361. The number of halogens is 1. The highest BCUT2D eigenvalue weighted by Gasteiger charge is 2.35. The monoisotopic (exact) mass is 362 g/mol. The zero-order valence-corrected chi connectivity index (χ0v) is 14.8. The van der Waals surface area contributed by atoms with Crippen LogP contribution < -0.4 is 9.62 Å². The summed E-state index contributed by atoms with van der Waals surface area (Å²) in [5, 5.41) is 0. The van der Waals surface area contributed by atoms with Crippen LogP contribution in [0.25, 0.3) is 0 Å². The molecule has 1 heterocycles. The lowest BCUT2D eigenvalue weighted by Crippen LogP contribution is -2.41. The van der Waals surface area contributed by atoms with Crippen LogP contribution in [-0.2, 0) is 14.8 Å². The summed E-state index contributed by atoms with van der Waals surface area (Å²) in [4.78, 5) is 14.2. The minimum atomic E-state index is -3.77. The van der Waals surface area contributed by atoms with Gasteiger partial charge in [0.2, 0.25) is 15.9 Å². The molecule has 0 radical (unpaired) electrons. The number of carbonyl (C=O) groups is 1. The molecule has 1 N–H and O–H groups in total. The molecule has 1 atom stereocenters. The second kappa shape index (κ2) is 6.57. The van der Waals surface area contributed by atoms with E-state index in [4.69, 9.17) is 0 Å². The lowest BCUT2D eigenvalue weighted by molar-refractivity contribution is -0.118. The second-order valence-corrected chi connectivity index (χ2v) is 7.91. The molecule has 1 aliphatic rings. The Balaban J connectivity index is 1.77. The van der Waals surface area contributed by atoms with E-state index in [1.807, 2.05) is 6.92 Å². The number of benzene rings is 2. The first kappa shape index (κ1) is 17.6. The Morgan fingerprint density at radius 1 is 1.12 bits per heavy atom. The van der Waals surface area contributed by atoms with Gasteiger partial charge in [0.25, 0.3) is 0 Å². The Morgan fingerprint density at radius 2 is 1.80 bits per heavy atom. The zero-order chi connectivity index (χ0) is 18.2. The summed E-state index contributed by atoms with van der Waals surface area (Å²) in [7, 11) is -3.77. The van der Waals surface area contributed by atoms with Crippen LogP contribution in [-0.4, -0.2) is 26.9 Å². The van der Waals surface area contributed by atoms with E-state index >= 15 is 0 Å². The Kier molecular flexibility index (Phi) is 4.62. The predicted molar refractivity (Wildman–Crippen MR) is 93.4 cm³/mol. The maximum Gasteiger partial charge on any atom is 0.245 e. The van der Waals surface area contributed by atoms with Crippen molar-refractivity contribution in [2.24, 2.45) is 0 Å². The lowest BCUT2D eigenvalue weighted by Gasteiger charge is -2.18. The molecule has 0 spiro atoms. The fourth-order valence-electron chi connectivity index (χ4n) is 2.82. The summed E-state index contributed by atoms with van der Waals surface area (Å²) < 4.78 is 40.8. The quantitative estimate of drug-likeness (QED) is 0.909. The molecule has 7 heteroatoms. The van der Waals surface area contributed by atoms with E-state index in [0.29, 0.717) is 24.2 Å². The predicted octanol–water partition coefficient (Wildman–Crippen LogP) is 2.53. The molecule has 0 bridgehead atoms. The summed E-state index contributed by atoms with van der Waals surface area (Å²) >= 11 is 0. The summed E-state index contributed by atoms with van der Waals surface area (Å²) in [6, 6.07) is 10.0. The highest BCUT2D eigenvalue weighted by atomic mass is 32.2. The number of hydrogen-bond donors (Lipinski definition) is 1. The van der Waals surface area contributed by atoms with E-state index in [2.05, 4.69) is 4.72 Å². The Morgan fingerprint density at radius 3 is 2.44 bits per heavy atom. The molecule has 5 nitrogen and oxygen atoms in total. The molecule has 1 saturated heterocycles. The van der Waals surface area contributed by atoms with Crippen LogP contribution in [0.3, 0.4) is 0 Å². The van der Waals surface area contributed by atoms with E-state index in [9.17, 15) is 17.6 Å². The number of rotatable bonds is 4. The average molecular weight is 362 g/mol. The topological polar surface area (TPSA) is 66.5 Å². The van der Waals surface area contributed by atoms with Gasteiger partial charge in [-0.1, -0.05) is 17.7 Å². The van der Waals surface area contributed by atoms with Gasteiger partial charge in [-0.2, -0.15) is 4.72 Å².